The van der Waals surface area contributed by atoms with E-state index in [0.29, 0.717) is 0 Å². The highest BCUT2D eigenvalue weighted by Gasteiger charge is 2.33. The second kappa shape index (κ2) is 4.62. The molecule has 0 saturated carbocycles. The fraction of sp³-hybridized carbons (Fsp3) is 0.100. The SMILES string of the molecule is [N-]=[N+]=C1C=CC(S(=O)(=O)O)c2ccc(S(=O)(=O)O)cc21. The van der Waals surface area contributed by atoms with Gasteiger partial charge in [-0.25, -0.2) is 0 Å². The smallest absolute Gasteiger partial charge is 0.322 e. The molecule has 1 aromatic carbocycles. The summed E-state index contributed by atoms with van der Waals surface area (Å²) < 4.78 is 62.7. The van der Waals surface area contributed by atoms with Crippen molar-refractivity contribution in [3.8, 4) is 0 Å². The topological polar surface area (TPSA) is 145 Å². The van der Waals surface area contributed by atoms with Gasteiger partial charge in [0.15, 0.2) is 0 Å². The molecule has 1 atom stereocenters. The van der Waals surface area contributed by atoms with Crippen LogP contribution in [0.1, 0.15) is 16.4 Å². The normalized spacial score (nSPS) is 18.5. The average Bonchev–Trinajstić information content (AvgIpc) is 2.34. The third kappa shape index (κ3) is 2.55. The molecule has 1 aliphatic carbocycles. The van der Waals surface area contributed by atoms with Crippen molar-refractivity contribution in [2.45, 2.75) is 10.1 Å². The quantitative estimate of drug-likeness (QED) is 0.460. The first-order valence-corrected chi connectivity index (χ1v) is 8.07. The van der Waals surface area contributed by atoms with Crippen LogP contribution in [0.2, 0.25) is 0 Å². The summed E-state index contributed by atoms with van der Waals surface area (Å²) >= 11 is 0. The molecule has 1 aromatic rings. The molecule has 2 rings (SSSR count). The molecule has 0 amide bonds. The third-order valence-corrected chi connectivity index (χ3v) is 4.67. The molecule has 0 spiro atoms. The van der Waals surface area contributed by atoms with Crippen LogP contribution < -0.4 is 0 Å². The predicted octanol–water partition coefficient (Wildman–Crippen LogP) is 0.451. The van der Waals surface area contributed by atoms with Gasteiger partial charge >= 0.3 is 5.71 Å². The van der Waals surface area contributed by atoms with E-state index in [0.717, 1.165) is 30.4 Å². The molecular weight excluding hydrogens is 308 g/mol. The first-order valence-electron chi connectivity index (χ1n) is 5.13. The lowest BCUT2D eigenvalue weighted by Crippen LogP contribution is -2.19. The second-order valence-corrected chi connectivity index (χ2v) is 6.96. The Morgan fingerprint density at radius 2 is 1.80 bits per heavy atom. The number of nitrogens with zero attached hydrogens (tertiary/aromatic N) is 2. The lowest BCUT2D eigenvalue weighted by Gasteiger charge is -2.16. The van der Waals surface area contributed by atoms with Gasteiger partial charge in [0.2, 0.25) is 0 Å². The van der Waals surface area contributed by atoms with E-state index >= 15 is 0 Å². The van der Waals surface area contributed by atoms with Gasteiger partial charge < -0.3 is 5.53 Å². The van der Waals surface area contributed by atoms with Crippen molar-refractivity contribution in [3.63, 3.8) is 0 Å². The number of benzene rings is 1. The Labute approximate surface area is 114 Å². The van der Waals surface area contributed by atoms with Gasteiger partial charge in [0, 0.05) is 6.08 Å². The van der Waals surface area contributed by atoms with E-state index in [1.807, 2.05) is 0 Å². The van der Waals surface area contributed by atoms with Crippen molar-refractivity contribution in [1.29, 1.82) is 0 Å². The predicted molar refractivity (Wildman–Crippen MR) is 67.4 cm³/mol. The zero-order valence-corrected chi connectivity index (χ0v) is 11.3. The summed E-state index contributed by atoms with van der Waals surface area (Å²) in [6, 6.07) is 3.06. The second-order valence-electron chi connectivity index (χ2n) is 4.00. The van der Waals surface area contributed by atoms with Gasteiger partial charge in [-0.3, -0.25) is 9.11 Å². The van der Waals surface area contributed by atoms with E-state index in [1.165, 1.54) is 0 Å². The van der Waals surface area contributed by atoms with E-state index in [2.05, 4.69) is 4.79 Å². The summed E-state index contributed by atoms with van der Waals surface area (Å²) in [6.45, 7) is 0. The highest BCUT2D eigenvalue weighted by Crippen LogP contribution is 2.31. The lowest BCUT2D eigenvalue weighted by molar-refractivity contribution is -0.00235. The molecule has 0 bridgehead atoms. The number of fused-ring (bicyclic) bond motifs is 1. The van der Waals surface area contributed by atoms with Crippen LogP contribution in [0.5, 0.6) is 0 Å². The maximum atomic E-state index is 11.3. The van der Waals surface area contributed by atoms with Crippen LogP contribution in [-0.4, -0.2) is 36.4 Å². The molecule has 0 heterocycles. The largest absolute Gasteiger partial charge is 0.361 e. The summed E-state index contributed by atoms with van der Waals surface area (Å²) in [4.78, 5) is 2.42. The third-order valence-electron chi connectivity index (χ3n) is 2.76. The van der Waals surface area contributed by atoms with Crippen LogP contribution >= 0.6 is 0 Å². The van der Waals surface area contributed by atoms with Gasteiger partial charge in [-0.1, -0.05) is 12.1 Å². The molecule has 2 N–H and O–H groups in total. The minimum atomic E-state index is -4.49. The zero-order chi connectivity index (χ0) is 15.1. The first-order chi connectivity index (χ1) is 9.14. The molecule has 8 nitrogen and oxygen atoms in total. The molecule has 0 fully saturated rings. The van der Waals surface area contributed by atoms with E-state index < -0.39 is 30.4 Å². The molecule has 106 valence electrons. The molecular formula is C10H8N2O6S2. The number of hydrogen-bond donors (Lipinski definition) is 2. The molecule has 20 heavy (non-hydrogen) atoms. The van der Waals surface area contributed by atoms with Gasteiger partial charge in [0.25, 0.3) is 20.2 Å². The Bertz CT molecular complexity index is 863. The summed E-state index contributed by atoms with van der Waals surface area (Å²) in [7, 11) is -8.95. The van der Waals surface area contributed by atoms with Crippen molar-refractivity contribution >= 4 is 25.9 Å². The lowest BCUT2D eigenvalue weighted by atomic mass is 9.95. The number of hydrogen-bond acceptors (Lipinski definition) is 4. The van der Waals surface area contributed by atoms with Crippen LogP contribution in [0.4, 0.5) is 0 Å². The van der Waals surface area contributed by atoms with Gasteiger partial charge in [0.05, 0.1) is 10.5 Å². The molecule has 1 unspecified atom stereocenters. The van der Waals surface area contributed by atoms with Gasteiger partial charge in [0.1, 0.15) is 5.25 Å². The maximum absolute atomic E-state index is 11.3. The summed E-state index contributed by atoms with van der Waals surface area (Å²) in [5.74, 6) is 0. The monoisotopic (exact) mass is 316 g/mol. The standard InChI is InChI=1S/C10H8N2O6S2/c11-12-9-3-4-10(20(16,17)18)7-2-1-6(5-8(7)9)19(13,14)15/h1-5,10H,(H,13,14,15)(H,16,17,18). The minimum absolute atomic E-state index is 0.0206. The van der Waals surface area contributed by atoms with Crippen molar-refractivity contribution < 1.29 is 30.7 Å². The maximum Gasteiger partial charge on any atom is 0.322 e. The Kier molecular flexibility index (Phi) is 3.36. The summed E-state index contributed by atoms with van der Waals surface area (Å²) in [5.41, 5.74) is 8.76. The highest BCUT2D eigenvalue weighted by molar-refractivity contribution is 7.86. The molecule has 0 aromatic heterocycles. The molecule has 1 aliphatic rings. The van der Waals surface area contributed by atoms with Gasteiger partial charge in [-0.05, 0) is 17.7 Å². The Morgan fingerprint density at radius 1 is 1.15 bits per heavy atom. The van der Waals surface area contributed by atoms with Crippen molar-refractivity contribution in [2.75, 3.05) is 0 Å². The van der Waals surface area contributed by atoms with E-state index in [4.69, 9.17) is 14.6 Å². The van der Waals surface area contributed by atoms with E-state index in [1.54, 1.807) is 0 Å². The van der Waals surface area contributed by atoms with Crippen LogP contribution in [0.3, 0.4) is 0 Å². The fourth-order valence-corrected chi connectivity index (χ4v) is 3.20. The molecule has 0 aliphatic heterocycles. The Morgan fingerprint density at radius 3 is 2.30 bits per heavy atom. The van der Waals surface area contributed by atoms with Gasteiger partial charge in [-0.2, -0.15) is 21.6 Å². The van der Waals surface area contributed by atoms with Crippen LogP contribution in [-0.2, 0) is 20.2 Å². The Balaban J connectivity index is 2.78. The number of allylic oxidation sites excluding steroid dienone is 1. The zero-order valence-electron chi connectivity index (χ0n) is 9.70. The summed E-state index contributed by atoms with van der Waals surface area (Å²) in [6.07, 6.45) is 2.22. The van der Waals surface area contributed by atoms with Crippen molar-refractivity contribution in [2.24, 2.45) is 0 Å². The van der Waals surface area contributed by atoms with Crippen molar-refractivity contribution in [3.05, 3.63) is 47.0 Å². The van der Waals surface area contributed by atoms with E-state index in [9.17, 15) is 16.8 Å². The molecule has 0 saturated heterocycles. The van der Waals surface area contributed by atoms with Crippen molar-refractivity contribution in [1.82, 2.24) is 0 Å². The van der Waals surface area contributed by atoms with E-state index in [-0.39, 0.29) is 16.8 Å². The number of rotatable bonds is 2. The fourth-order valence-electron chi connectivity index (χ4n) is 1.88. The van der Waals surface area contributed by atoms with Gasteiger partial charge in [-0.15, -0.1) is 0 Å². The van der Waals surface area contributed by atoms with Crippen LogP contribution in [0.25, 0.3) is 5.53 Å². The highest BCUT2D eigenvalue weighted by atomic mass is 32.2. The minimum Gasteiger partial charge on any atom is -0.361 e. The average molecular weight is 316 g/mol. The van der Waals surface area contributed by atoms with Crippen LogP contribution in [0, 0.1) is 0 Å². The molecule has 10 heteroatoms. The first kappa shape index (κ1) is 14.6. The molecule has 0 radical (unpaired) electrons. The Hall–Kier alpha value is -1.84. The summed E-state index contributed by atoms with van der Waals surface area (Å²) in [5, 5.41) is -1.40. The van der Waals surface area contributed by atoms with Crippen LogP contribution in [0.15, 0.2) is 35.2 Å².